The first-order valence-corrected chi connectivity index (χ1v) is 22.3. The van der Waals surface area contributed by atoms with Crippen LogP contribution in [0.25, 0.3) is 88.0 Å². The largest absolute Gasteiger partial charge is 0.310 e. The summed E-state index contributed by atoms with van der Waals surface area (Å²) in [6.45, 7) is 4.74. The van der Waals surface area contributed by atoms with Crippen LogP contribution in [0.4, 0.5) is 17.1 Å². The Bertz CT molecular complexity index is 3560. The molecule has 1 heteroatoms. The van der Waals surface area contributed by atoms with Gasteiger partial charge >= 0.3 is 0 Å². The summed E-state index contributed by atoms with van der Waals surface area (Å²) in [4.78, 5) is 2.46. The first-order valence-electron chi connectivity index (χ1n) is 22.3. The fraction of sp³-hybridized carbons (Fsp3) is 0.0476. The Morgan fingerprint density at radius 3 is 1.58 bits per heavy atom. The van der Waals surface area contributed by atoms with Crippen LogP contribution < -0.4 is 4.90 Å². The molecule has 0 unspecified atom stereocenters. The molecule has 1 aliphatic carbocycles. The van der Waals surface area contributed by atoms with Gasteiger partial charge in [-0.2, -0.15) is 0 Å². The van der Waals surface area contributed by atoms with Gasteiger partial charge < -0.3 is 4.90 Å². The van der Waals surface area contributed by atoms with Gasteiger partial charge in [0.15, 0.2) is 0 Å². The number of benzene rings is 11. The first-order chi connectivity index (χ1) is 31.5. The quantitative estimate of drug-likeness (QED) is 0.145. The first kappa shape index (κ1) is 37.7. The predicted molar refractivity (Wildman–Crippen MR) is 273 cm³/mol. The summed E-state index contributed by atoms with van der Waals surface area (Å²) >= 11 is 0. The normalized spacial score (nSPS) is 12.7. The van der Waals surface area contributed by atoms with Crippen molar-refractivity contribution < 1.29 is 0 Å². The van der Waals surface area contributed by atoms with Gasteiger partial charge in [0.25, 0.3) is 0 Å². The summed E-state index contributed by atoms with van der Waals surface area (Å²) in [7, 11) is 0. The fourth-order valence-electron chi connectivity index (χ4n) is 10.6. The van der Waals surface area contributed by atoms with Crippen molar-refractivity contribution in [3.05, 3.63) is 248 Å². The van der Waals surface area contributed by atoms with Gasteiger partial charge in [-0.15, -0.1) is 0 Å². The maximum atomic E-state index is 2.46. The molecule has 0 saturated carbocycles. The van der Waals surface area contributed by atoms with Crippen molar-refractivity contribution in [2.24, 2.45) is 0 Å². The van der Waals surface area contributed by atoms with Crippen molar-refractivity contribution in [3.63, 3.8) is 0 Å². The van der Waals surface area contributed by atoms with Gasteiger partial charge in [0.1, 0.15) is 0 Å². The van der Waals surface area contributed by atoms with Crippen LogP contribution in [-0.2, 0) is 5.41 Å². The highest BCUT2D eigenvalue weighted by molar-refractivity contribution is 6.14. The average Bonchev–Trinajstić information content (AvgIpc) is 3.60. The molecule has 0 spiro atoms. The highest BCUT2D eigenvalue weighted by Crippen LogP contribution is 2.52. The maximum Gasteiger partial charge on any atom is 0.0546 e. The number of fused-ring (bicyclic) bond motifs is 7. The Hall–Kier alpha value is -8.00. The van der Waals surface area contributed by atoms with Crippen LogP contribution in [0.15, 0.2) is 237 Å². The Kier molecular flexibility index (Phi) is 8.91. The third-order valence-corrected chi connectivity index (χ3v) is 13.6. The summed E-state index contributed by atoms with van der Waals surface area (Å²) in [6.07, 6.45) is 0. The van der Waals surface area contributed by atoms with Crippen LogP contribution in [0.3, 0.4) is 0 Å². The molecule has 0 amide bonds. The molecule has 0 atom stereocenters. The zero-order valence-electron chi connectivity index (χ0n) is 36.0. The van der Waals surface area contributed by atoms with Crippen molar-refractivity contribution >= 4 is 49.4 Å². The van der Waals surface area contributed by atoms with Crippen LogP contribution in [0.5, 0.6) is 0 Å². The molecule has 0 radical (unpaired) electrons. The number of anilines is 3. The van der Waals surface area contributed by atoms with Crippen LogP contribution in [-0.4, -0.2) is 0 Å². The molecule has 0 N–H and O–H groups in total. The molecule has 0 heterocycles. The van der Waals surface area contributed by atoms with Crippen molar-refractivity contribution in [1.29, 1.82) is 0 Å². The maximum absolute atomic E-state index is 2.46. The third-order valence-electron chi connectivity index (χ3n) is 13.6. The molecular weight excluding hydrogens is 771 g/mol. The minimum absolute atomic E-state index is 0.113. The summed E-state index contributed by atoms with van der Waals surface area (Å²) < 4.78 is 0. The SMILES string of the molecule is CC1(C)c2ccccc2-c2cccc(-c3ccc(N(c4ccc(-c5cc6ccccc6c6ccccc56)cc4)c4cc(-c5cccc6ccccc56)ccc4-c4ccccc4)cc3)c21. The van der Waals surface area contributed by atoms with Crippen LogP contribution in [0, 0.1) is 0 Å². The second kappa shape index (κ2) is 15.1. The Balaban J connectivity index is 1.05. The standard InChI is InChI=1S/C63H45N/c1-63(2)60-29-13-12-25-57(60)58-28-15-27-54(62(58)63)44-30-35-48(36-31-44)64(49-37-32-45(33-38-49)59-40-46-19-7-9-22-52(46)55-23-10-11-24-56(55)59)61-41-47(34-39-53(61)43-16-4-3-5-17-43)51-26-14-20-42-18-6-8-21-50(42)51/h3-41H,1-2H3. The second-order valence-corrected chi connectivity index (χ2v) is 17.6. The Morgan fingerprint density at radius 2 is 0.812 bits per heavy atom. The minimum Gasteiger partial charge on any atom is -0.310 e. The molecule has 1 nitrogen and oxygen atoms in total. The van der Waals surface area contributed by atoms with Crippen molar-refractivity contribution in [1.82, 2.24) is 0 Å². The van der Waals surface area contributed by atoms with Gasteiger partial charge in [-0.05, 0) is 130 Å². The summed E-state index contributed by atoms with van der Waals surface area (Å²) in [5.41, 5.74) is 18.3. The van der Waals surface area contributed by atoms with E-state index in [2.05, 4.69) is 255 Å². The molecule has 0 saturated heterocycles. The van der Waals surface area contributed by atoms with Gasteiger partial charge in [0.2, 0.25) is 0 Å². The van der Waals surface area contributed by atoms with E-state index in [4.69, 9.17) is 0 Å². The summed E-state index contributed by atoms with van der Waals surface area (Å²) in [5, 5.41) is 7.53. The predicted octanol–water partition coefficient (Wildman–Crippen LogP) is 17.6. The van der Waals surface area contributed by atoms with Crippen molar-refractivity contribution in [2.45, 2.75) is 19.3 Å². The smallest absolute Gasteiger partial charge is 0.0546 e. The summed E-state index contributed by atoms with van der Waals surface area (Å²) in [6, 6.07) is 87.2. The van der Waals surface area contributed by atoms with E-state index in [1.807, 2.05) is 0 Å². The molecule has 302 valence electrons. The van der Waals surface area contributed by atoms with Gasteiger partial charge in [-0.3, -0.25) is 0 Å². The van der Waals surface area contributed by atoms with Gasteiger partial charge in [0.05, 0.1) is 5.69 Å². The minimum atomic E-state index is -0.113. The van der Waals surface area contributed by atoms with Crippen molar-refractivity contribution in [2.75, 3.05) is 4.90 Å². The lowest BCUT2D eigenvalue weighted by atomic mass is 9.79. The van der Waals surface area contributed by atoms with E-state index in [1.54, 1.807) is 0 Å². The lowest BCUT2D eigenvalue weighted by molar-refractivity contribution is 0.662. The zero-order valence-corrected chi connectivity index (χ0v) is 36.0. The lowest BCUT2D eigenvalue weighted by Crippen LogP contribution is -2.16. The molecule has 0 bridgehead atoms. The zero-order chi connectivity index (χ0) is 42.8. The number of hydrogen-bond donors (Lipinski definition) is 0. The molecule has 1 aliphatic rings. The number of nitrogens with zero attached hydrogens (tertiary/aromatic N) is 1. The van der Waals surface area contributed by atoms with Gasteiger partial charge in [0, 0.05) is 22.4 Å². The van der Waals surface area contributed by atoms with Crippen LogP contribution in [0.1, 0.15) is 25.0 Å². The van der Waals surface area contributed by atoms with E-state index in [0.29, 0.717) is 0 Å². The number of hydrogen-bond acceptors (Lipinski definition) is 1. The van der Waals surface area contributed by atoms with E-state index >= 15 is 0 Å². The van der Waals surface area contributed by atoms with E-state index in [9.17, 15) is 0 Å². The highest BCUT2D eigenvalue weighted by Gasteiger charge is 2.37. The van der Waals surface area contributed by atoms with E-state index in [1.165, 1.54) is 99.1 Å². The van der Waals surface area contributed by atoms with Crippen LogP contribution >= 0.6 is 0 Å². The van der Waals surface area contributed by atoms with E-state index in [-0.39, 0.29) is 5.41 Å². The number of rotatable bonds is 7. The average molecular weight is 816 g/mol. The Labute approximate surface area is 375 Å². The van der Waals surface area contributed by atoms with Gasteiger partial charge in [-0.1, -0.05) is 214 Å². The fourth-order valence-corrected chi connectivity index (χ4v) is 10.6. The highest BCUT2D eigenvalue weighted by atomic mass is 15.1. The lowest BCUT2D eigenvalue weighted by Gasteiger charge is -2.29. The topological polar surface area (TPSA) is 3.24 Å². The monoisotopic (exact) mass is 815 g/mol. The summed E-state index contributed by atoms with van der Waals surface area (Å²) in [5.74, 6) is 0. The third kappa shape index (κ3) is 6.15. The Morgan fingerprint density at radius 1 is 0.297 bits per heavy atom. The molecule has 64 heavy (non-hydrogen) atoms. The molecule has 0 fully saturated rings. The van der Waals surface area contributed by atoms with Crippen LogP contribution in [0.2, 0.25) is 0 Å². The molecule has 0 aliphatic heterocycles. The van der Waals surface area contributed by atoms with Gasteiger partial charge in [-0.25, -0.2) is 0 Å². The van der Waals surface area contributed by atoms with Crippen molar-refractivity contribution in [3.8, 4) is 55.6 Å². The molecule has 12 rings (SSSR count). The molecule has 0 aromatic heterocycles. The van der Waals surface area contributed by atoms with E-state index < -0.39 is 0 Å². The van der Waals surface area contributed by atoms with E-state index in [0.717, 1.165) is 17.1 Å². The molecular formula is C63H45N. The molecule has 11 aromatic rings. The second-order valence-electron chi connectivity index (χ2n) is 17.6. The molecule has 11 aromatic carbocycles.